The van der Waals surface area contributed by atoms with Gasteiger partial charge in [0.15, 0.2) is 4.77 Å². The van der Waals surface area contributed by atoms with Crippen molar-refractivity contribution in [2.45, 2.75) is 25.9 Å². The third-order valence-corrected chi connectivity index (χ3v) is 5.70. The number of carbonyl (C=O) groups excluding carboxylic acids is 1. The summed E-state index contributed by atoms with van der Waals surface area (Å²) in [7, 11) is 3.21. The van der Waals surface area contributed by atoms with E-state index >= 15 is 0 Å². The summed E-state index contributed by atoms with van der Waals surface area (Å²) in [5.74, 6) is 1.39. The van der Waals surface area contributed by atoms with Gasteiger partial charge in [0.25, 0.3) is 5.56 Å². The highest BCUT2D eigenvalue weighted by molar-refractivity contribution is 7.71. The number of amides is 1. The minimum atomic E-state index is -0.211. The Hall–Kier alpha value is -3.59. The first-order valence-electron chi connectivity index (χ1n) is 10.2. The van der Waals surface area contributed by atoms with Gasteiger partial charge in [-0.1, -0.05) is 12.1 Å². The SMILES string of the molecule is COc1ccc(CNC(=O)CCCn2c(=S)[nH]c3c([nH]c4ccc(OC)cc43)c2=O)cc1. The molecule has 0 unspecified atom stereocenters. The molecule has 32 heavy (non-hydrogen) atoms. The molecule has 1 amide bonds. The van der Waals surface area contributed by atoms with Crippen LogP contribution in [-0.4, -0.2) is 34.7 Å². The highest BCUT2D eigenvalue weighted by Crippen LogP contribution is 2.25. The third-order valence-electron chi connectivity index (χ3n) is 5.38. The van der Waals surface area contributed by atoms with Crippen LogP contribution in [0.1, 0.15) is 18.4 Å². The van der Waals surface area contributed by atoms with Crippen LogP contribution >= 0.6 is 12.2 Å². The Bertz CT molecular complexity index is 1390. The van der Waals surface area contributed by atoms with Gasteiger partial charge in [-0.15, -0.1) is 0 Å². The van der Waals surface area contributed by atoms with Crippen molar-refractivity contribution in [1.29, 1.82) is 0 Å². The zero-order chi connectivity index (χ0) is 22.7. The van der Waals surface area contributed by atoms with E-state index in [4.69, 9.17) is 21.7 Å². The topological polar surface area (TPSA) is 101 Å². The third kappa shape index (κ3) is 4.38. The first kappa shape index (κ1) is 21.6. The van der Waals surface area contributed by atoms with E-state index in [9.17, 15) is 9.59 Å². The molecule has 3 N–H and O–H groups in total. The van der Waals surface area contributed by atoms with Crippen molar-refractivity contribution in [3.63, 3.8) is 0 Å². The molecule has 0 radical (unpaired) electrons. The lowest BCUT2D eigenvalue weighted by atomic mass is 10.2. The van der Waals surface area contributed by atoms with Crippen molar-refractivity contribution in [1.82, 2.24) is 19.9 Å². The van der Waals surface area contributed by atoms with Gasteiger partial charge >= 0.3 is 0 Å². The monoisotopic (exact) mass is 452 g/mol. The van der Waals surface area contributed by atoms with Crippen LogP contribution in [-0.2, 0) is 17.9 Å². The number of nitrogens with one attached hydrogen (secondary N) is 3. The summed E-state index contributed by atoms with van der Waals surface area (Å²) in [6.45, 7) is 0.784. The normalized spacial score (nSPS) is 11.1. The van der Waals surface area contributed by atoms with Crippen LogP contribution in [0.5, 0.6) is 11.5 Å². The molecule has 2 heterocycles. The average molecular weight is 453 g/mol. The molecule has 0 spiro atoms. The quantitative estimate of drug-likeness (QED) is 0.354. The minimum absolute atomic E-state index is 0.0810. The van der Waals surface area contributed by atoms with E-state index in [0.717, 1.165) is 22.2 Å². The number of aromatic nitrogens is 3. The molecule has 0 saturated carbocycles. The molecule has 166 valence electrons. The van der Waals surface area contributed by atoms with E-state index in [1.165, 1.54) is 4.57 Å². The molecule has 0 aliphatic rings. The van der Waals surface area contributed by atoms with Crippen molar-refractivity contribution in [3.8, 4) is 11.5 Å². The summed E-state index contributed by atoms with van der Waals surface area (Å²) >= 11 is 5.42. The number of carbonyl (C=O) groups is 1. The van der Waals surface area contributed by atoms with Crippen LogP contribution in [0, 0.1) is 4.77 Å². The van der Waals surface area contributed by atoms with Gasteiger partial charge in [0.1, 0.15) is 17.0 Å². The number of nitrogens with zero attached hydrogens (tertiary/aromatic N) is 1. The fraction of sp³-hybridized carbons (Fsp3) is 0.261. The van der Waals surface area contributed by atoms with E-state index in [1.807, 2.05) is 42.5 Å². The van der Waals surface area contributed by atoms with Gasteiger partial charge in [0.2, 0.25) is 5.91 Å². The predicted molar refractivity (Wildman–Crippen MR) is 126 cm³/mol. The summed E-state index contributed by atoms with van der Waals surface area (Å²) in [4.78, 5) is 31.5. The minimum Gasteiger partial charge on any atom is -0.497 e. The smallest absolute Gasteiger partial charge is 0.278 e. The van der Waals surface area contributed by atoms with Crippen LogP contribution < -0.4 is 20.3 Å². The van der Waals surface area contributed by atoms with Gasteiger partial charge in [-0.25, -0.2) is 0 Å². The number of rotatable bonds is 8. The molecular formula is C23H24N4O4S. The molecule has 0 fully saturated rings. The fourth-order valence-corrected chi connectivity index (χ4v) is 3.90. The first-order chi connectivity index (χ1) is 15.5. The second-order valence-electron chi connectivity index (χ2n) is 7.40. The van der Waals surface area contributed by atoms with Crippen molar-refractivity contribution < 1.29 is 14.3 Å². The number of hydrogen-bond donors (Lipinski definition) is 3. The number of benzene rings is 2. The van der Waals surface area contributed by atoms with Crippen LogP contribution in [0.25, 0.3) is 21.9 Å². The Morgan fingerprint density at radius 2 is 1.75 bits per heavy atom. The Balaban J connectivity index is 1.42. The van der Waals surface area contributed by atoms with Crippen LogP contribution in [0.15, 0.2) is 47.3 Å². The zero-order valence-electron chi connectivity index (χ0n) is 17.9. The van der Waals surface area contributed by atoms with Gasteiger partial charge in [-0.2, -0.15) is 0 Å². The van der Waals surface area contributed by atoms with Gasteiger partial charge in [-0.05, 0) is 54.5 Å². The Morgan fingerprint density at radius 1 is 1.03 bits per heavy atom. The predicted octanol–water partition coefficient (Wildman–Crippen LogP) is 3.65. The van der Waals surface area contributed by atoms with E-state index in [2.05, 4.69) is 15.3 Å². The van der Waals surface area contributed by atoms with Gasteiger partial charge < -0.3 is 24.8 Å². The van der Waals surface area contributed by atoms with E-state index in [0.29, 0.717) is 47.5 Å². The maximum absolute atomic E-state index is 13.0. The largest absolute Gasteiger partial charge is 0.497 e. The van der Waals surface area contributed by atoms with Crippen molar-refractivity contribution in [2.24, 2.45) is 0 Å². The summed E-state index contributed by atoms with van der Waals surface area (Å²) < 4.78 is 12.2. The molecule has 2 aromatic carbocycles. The second-order valence-corrected chi connectivity index (χ2v) is 7.79. The molecule has 0 aliphatic heterocycles. The summed E-state index contributed by atoms with van der Waals surface area (Å²) in [5, 5.41) is 3.73. The van der Waals surface area contributed by atoms with Crippen LogP contribution in [0.3, 0.4) is 0 Å². The lowest BCUT2D eigenvalue weighted by Gasteiger charge is -2.08. The number of aromatic amines is 2. The van der Waals surface area contributed by atoms with Crippen molar-refractivity contribution >= 4 is 40.1 Å². The van der Waals surface area contributed by atoms with Crippen LogP contribution in [0.4, 0.5) is 0 Å². The van der Waals surface area contributed by atoms with Crippen LogP contribution in [0.2, 0.25) is 0 Å². The Kier molecular flexibility index (Phi) is 6.27. The number of hydrogen-bond acceptors (Lipinski definition) is 5. The number of fused-ring (bicyclic) bond motifs is 3. The average Bonchev–Trinajstić information content (AvgIpc) is 3.18. The number of methoxy groups -OCH3 is 2. The summed E-state index contributed by atoms with van der Waals surface area (Å²) in [5.41, 5.74) is 2.70. The molecule has 4 aromatic rings. The first-order valence-corrected chi connectivity index (χ1v) is 10.6. The molecule has 0 atom stereocenters. The van der Waals surface area contributed by atoms with Gasteiger partial charge in [-0.3, -0.25) is 14.2 Å². The fourth-order valence-electron chi connectivity index (χ4n) is 3.62. The summed E-state index contributed by atoms with van der Waals surface area (Å²) in [6, 6.07) is 13.1. The molecule has 9 heteroatoms. The maximum atomic E-state index is 13.0. The van der Waals surface area contributed by atoms with Gasteiger partial charge in [0, 0.05) is 30.4 Å². The maximum Gasteiger partial charge on any atom is 0.278 e. The highest BCUT2D eigenvalue weighted by Gasteiger charge is 2.13. The second kappa shape index (κ2) is 9.27. The van der Waals surface area contributed by atoms with E-state index < -0.39 is 0 Å². The highest BCUT2D eigenvalue weighted by atomic mass is 32.1. The Morgan fingerprint density at radius 3 is 2.47 bits per heavy atom. The van der Waals surface area contributed by atoms with E-state index in [1.54, 1.807) is 14.2 Å². The van der Waals surface area contributed by atoms with Gasteiger partial charge in [0.05, 0.1) is 19.7 Å². The standard InChI is InChI=1S/C23H24N4O4S/c1-30-15-7-5-14(6-8-15)13-24-19(28)4-3-11-27-22(29)21-20(26-23(27)32)17-12-16(31-2)9-10-18(17)25-21/h5-10,12,25H,3-4,11,13H2,1-2H3,(H,24,28)(H,26,32). The molecule has 2 aromatic heterocycles. The molecule has 0 aliphatic carbocycles. The lowest BCUT2D eigenvalue weighted by molar-refractivity contribution is -0.121. The number of H-pyrrole nitrogens is 2. The molecule has 0 bridgehead atoms. The summed E-state index contributed by atoms with van der Waals surface area (Å²) in [6.07, 6.45) is 0.782. The lowest BCUT2D eigenvalue weighted by Crippen LogP contribution is -2.25. The molecule has 0 saturated heterocycles. The molecule has 4 rings (SSSR count). The molecule has 8 nitrogen and oxygen atoms in total. The zero-order valence-corrected chi connectivity index (χ0v) is 18.7. The number of ether oxygens (including phenoxy) is 2. The van der Waals surface area contributed by atoms with E-state index in [-0.39, 0.29) is 11.5 Å². The Labute approximate surface area is 189 Å². The molecular weight excluding hydrogens is 428 g/mol. The van der Waals surface area contributed by atoms with Crippen molar-refractivity contribution in [2.75, 3.05) is 14.2 Å². The van der Waals surface area contributed by atoms with Crippen molar-refractivity contribution in [3.05, 3.63) is 63.2 Å².